The summed E-state index contributed by atoms with van der Waals surface area (Å²) in [7, 11) is 0. The van der Waals surface area contributed by atoms with Crippen LogP contribution in [0.15, 0.2) is 47.1 Å². The molecule has 1 aliphatic rings. The van der Waals surface area contributed by atoms with E-state index in [9.17, 15) is 9.59 Å². The molecule has 26 heavy (non-hydrogen) atoms. The molecule has 1 aromatic carbocycles. The summed E-state index contributed by atoms with van der Waals surface area (Å²) in [4.78, 5) is 31.2. The molecule has 3 N–H and O–H groups in total. The second kappa shape index (κ2) is 8.98. The van der Waals surface area contributed by atoms with Gasteiger partial charge < -0.3 is 4.98 Å². The fraction of sp³-hybridized carbons (Fsp3) is 0.333. The molecule has 3 rings (SSSR count). The van der Waals surface area contributed by atoms with E-state index in [0.29, 0.717) is 5.69 Å². The van der Waals surface area contributed by atoms with E-state index in [1.807, 2.05) is 6.07 Å². The summed E-state index contributed by atoms with van der Waals surface area (Å²) in [6.07, 6.45) is 1.66. The van der Waals surface area contributed by atoms with Crippen LogP contribution in [0.3, 0.4) is 0 Å². The summed E-state index contributed by atoms with van der Waals surface area (Å²) in [6, 6.07) is 12.0. The molecular weight excluding hydrogens is 398 g/mol. The summed E-state index contributed by atoms with van der Waals surface area (Å²) in [5.74, 6) is -0.600. The summed E-state index contributed by atoms with van der Waals surface area (Å²) < 4.78 is 0.780. The molecule has 0 saturated carbocycles. The van der Waals surface area contributed by atoms with E-state index in [0.717, 1.165) is 37.2 Å². The van der Waals surface area contributed by atoms with Crippen LogP contribution < -0.4 is 10.9 Å². The van der Waals surface area contributed by atoms with Crippen LogP contribution in [0.4, 0.5) is 0 Å². The van der Waals surface area contributed by atoms with Crippen LogP contribution in [0, 0.1) is 0 Å². The first kappa shape index (κ1) is 18.6. The van der Waals surface area contributed by atoms with Crippen molar-refractivity contribution in [3.63, 3.8) is 0 Å². The number of hydrogen-bond donors (Lipinski definition) is 3. The van der Waals surface area contributed by atoms with Gasteiger partial charge in [-0.3, -0.25) is 30.2 Å². The number of nitrogens with one attached hydrogen (secondary N) is 3. The van der Waals surface area contributed by atoms with E-state index >= 15 is 0 Å². The number of rotatable bonds is 5. The Kier molecular flexibility index (Phi) is 6.43. The average Bonchev–Trinajstić information content (AvgIpc) is 3.09. The summed E-state index contributed by atoms with van der Waals surface area (Å²) >= 11 is 3.26. The molecule has 1 aliphatic heterocycles. The van der Waals surface area contributed by atoms with Gasteiger partial charge in [-0.15, -0.1) is 0 Å². The smallest absolute Gasteiger partial charge is 0.286 e. The number of hydrogen-bond acceptors (Lipinski definition) is 4. The maximum Gasteiger partial charge on any atom is 0.286 e. The lowest BCUT2D eigenvalue weighted by molar-refractivity contribution is -0.123. The van der Waals surface area contributed by atoms with Crippen molar-refractivity contribution >= 4 is 27.7 Å². The number of benzene rings is 1. The van der Waals surface area contributed by atoms with E-state index in [4.69, 9.17) is 0 Å². The van der Waals surface area contributed by atoms with Gasteiger partial charge in [-0.25, -0.2) is 0 Å². The third kappa shape index (κ3) is 5.42. The van der Waals surface area contributed by atoms with Gasteiger partial charge in [0.1, 0.15) is 5.69 Å². The molecule has 0 spiro atoms. The number of hydrazine groups is 1. The Morgan fingerprint density at radius 2 is 1.73 bits per heavy atom. The van der Waals surface area contributed by atoms with Crippen LogP contribution in [-0.4, -0.2) is 59.3 Å². The van der Waals surface area contributed by atoms with E-state index in [1.165, 1.54) is 5.56 Å². The van der Waals surface area contributed by atoms with Crippen LogP contribution in [0.25, 0.3) is 0 Å². The molecule has 7 nitrogen and oxygen atoms in total. The van der Waals surface area contributed by atoms with Crippen molar-refractivity contribution in [1.29, 1.82) is 0 Å². The number of halogens is 1. The molecule has 2 amide bonds. The average molecular weight is 420 g/mol. The minimum absolute atomic E-state index is 0.222. The molecule has 0 bridgehead atoms. The molecule has 0 aliphatic carbocycles. The molecule has 0 atom stereocenters. The lowest BCUT2D eigenvalue weighted by Crippen LogP contribution is -2.51. The molecule has 138 valence electrons. The lowest BCUT2D eigenvalue weighted by Gasteiger charge is -2.34. The summed E-state index contributed by atoms with van der Waals surface area (Å²) in [5, 5.41) is 0. The highest BCUT2D eigenvalue weighted by molar-refractivity contribution is 9.10. The molecule has 1 fully saturated rings. The number of piperazine rings is 1. The van der Waals surface area contributed by atoms with E-state index in [2.05, 4.69) is 65.8 Å². The molecule has 0 unspecified atom stereocenters. The van der Waals surface area contributed by atoms with Crippen molar-refractivity contribution in [3.05, 3.63) is 58.3 Å². The van der Waals surface area contributed by atoms with Crippen molar-refractivity contribution in [2.75, 3.05) is 32.7 Å². The number of carbonyl (C=O) groups is 2. The first-order valence-corrected chi connectivity index (χ1v) is 9.31. The van der Waals surface area contributed by atoms with Gasteiger partial charge in [-0.05, 0) is 27.6 Å². The predicted octanol–water partition coefficient (Wildman–Crippen LogP) is 1.36. The lowest BCUT2D eigenvalue weighted by atomic mass is 10.2. The maximum absolute atomic E-state index is 12.0. The number of H-pyrrole nitrogens is 1. The Hall–Kier alpha value is -2.16. The van der Waals surface area contributed by atoms with E-state index < -0.39 is 0 Å². The highest BCUT2D eigenvalue weighted by Gasteiger charge is 2.19. The van der Waals surface area contributed by atoms with Gasteiger partial charge in [-0.1, -0.05) is 30.3 Å². The van der Waals surface area contributed by atoms with Crippen LogP contribution in [0.1, 0.15) is 16.1 Å². The minimum atomic E-state index is -0.378. The molecular formula is C18H22BrN5O2. The second-order valence-electron chi connectivity index (χ2n) is 6.27. The highest BCUT2D eigenvalue weighted by atomic mass is 79.9. The number of carbonyl (C=O) groups excluding carboxylic acids is 2. The number of aromatic nitrogens is 1. The highest BCUT2D eigenvalue weighted by Crippen LogP contribution is 2.10. The third-order valence-corrected chi connectivity index (χ3v) is 4.75. The molecule has 1 aromatic heterocycles. The zero-order chi connectivity index (χ0) is 18.4. The van der Waals surface area contributed by atoms with Crippen molar-refractivity contribution in [2.45, 2.75) is 6.54 Å². The Morgan fingerprint density at radius 3 is 2.38 bits per heavy atom. The standard InChI is InChI=1S/C18H22BrN5O2/c19-15-10-16(20-11-15)18(26)22-21-17(25)13-24-8-6-23(7-9-24)12-14-4-2-1-3-5-14/h1-5,10-11,20H,6-9,12-13H2,(H,21,25)(H,22,26). The van der Waals surface area contributed by atoms with E-state index in [-0.39, 0.29) is 18.4 Å². The number of amides is 2. The van der Waals surface area contributed by atoms with Crippen molar-refractivity contribution in [3.8, 4) is 0 Å². The van der Waals surface area contributed by atoms with Gasteiger partial charge >= 0.3 is 0 Å². The quantitative estimate of drug-likeness (QED) is 0.639. The largest absolute Gasteiger partial charge is 0.356 e. The fourth-order valence-corrected chi connectivity index (χ4v) is 3.23. The Bertz CT molecular complexity index is 741. The van der Waals surface area contributed by atoms with Gasteiger partial charge in [0.15, 0.2) is 0 Å². The molecule has 0 radical (unpaired) electrons. The molecule has 1 saturated heterocycles. The van der Waals surface area contributed by atoms with Crippen molar-refractivity contribution in [2.24, 2.45) is 0 Å². The van der Waals surface area contributed by atoms with Crippen LogP contribution in [-0.2, 0) is 11.3 Å². The van der Waals surface area contributed by atoms with Gasteiger partial charge in [0, 0.05) is 43.4 Å². The molecule has 2 heterocycles. The minimum Gasteiger partial charge on any atom is -0.356 e. The Morgan fingerprint density at radius 1 is 1.04 bits per heavy atom. The zero-order valence-electron chi connectivity index (χ0n) is 14.4. The van der Waals surface area contributed by atoms with Crippen LogP contribution in [0.5, 0.6) is 0 Å². The normalized spacial score (nSPS) is 15.6. The first-order chi connectivity index (χ1) is 12.6. The van der Waals surface area contributed by atoms with Crippen LogP contribution in [0.2, 0.25) is 0 Å². The van der Waals surface area contributed by atoms with Gasteiger partial charge in [0.2, 0.25) is 0 Å². The summed E-state index contributed by atoms with van der Waals surface area (Å²) in [5.41, 5.74) is 6.56. The Balaban J connectivity index is 1.36. The SMILES string of the molecule is O=C(CN1CCN(Cc2ccccc2)CC1)NNC(=O)c1cc(Br)c[nH]1. The van der Waals surface area contributed by atoms with Gasteiger partial charge in [0.05, 0.1) is 6.54 Å². The Labute approximate surface area is 160 Å². The monoisotopic (exact) mass is 419 g/mol. The molecule has 8 heteroatoms. The summed E-state index contributed by atoms with van der Waals surface area (Å²) in [6.45, 7) is 4.71. The van der Waals surface area contributed by atoms with Gasteiger partial charge in [-0.2, -0.15) is 0 Å². The van der Waals surface area contributed by atoms with E-state index in [1.54, 1.807) is 12.3 Å². The number of aromatic amines is 1. The molecule has 2 aromatic rings. The predicted molar refractivity (Wildman–Crippen MR) is 102 cm³/mol. The van der Waals surface area contributed by atoms with Crippen molar-refractivity contribution < 1.29 is 9.59 Å². The van der Waals surface area contributed by atoms with Crippen LogP contribution >= 0.6 is 15.9 Å². The zero-order valence-corrected chi connectivity index (χ0v) is 16.0. The topological polar surface area (TPSA) is 80.5 Å². The number of nitrogens with zero attached hydrogens (tertiary/aromatic N) is 2. The first-order valence-electron chi connectivity index (χ1n) is 8.52. The maximum atomic E-state index is 12.0. The second-order valence-corrected chi connectivity index (χ2v) is 7.19. The van der Waals surface area contributed by atoms with Crippen molar-refractivity contribution in [1.82, 2.24) is 25.6 Å². The third-order valence-electron chi connectivity index (χ3n) is 4.29. The van der Waals surface area contributed by atoms with Gasteiger partial charge in [0.25, 0.3) is 11.8 Å². The fourth-order valence-electron chi connectivity index (χ4n) is 2.88.